The number of rotatable bonds is 10. The van der Waals surface area contributed by atoms with Gasteiger partial charge < -0.3 is 0 Å². The third-order valence-electron chi connectivity index (χ3n) is 7.54. The minimum absolute atomic E-state index is 0.0307. The topological polar surface area (TPSA) is 0 Å². The van der Waals surface area contributed by atoms with Crippen molar-refractivity contribution in [1.29, 1.82) is 0 Å². The summed E-state index contributed by atoms with van der Waals surface area (Å²) in [6, 6.07) is 8.99. The molecule has 1 aromatic rings. The summed E-state index contributed by atoms with van der Waals surface area (Å²) in [5, 5.41) is 0. The molecule has 0 aliphatic heterocycles. The highest BCUT2D eigenvalue weighted by Gasteiger charge is 2.42. The molecule has 0 nitrogen and oxygen atoms in total. The molecule has 0 spiro atoms. The second-order valence-electron chi connectivity index (χ2n) is 10.6. The Labute approximate surface area is 193 Å². The Kier molecular flexibility index (Phi) is 8.75. The van der Waals surface area contributed by atoms with Crippen LogP contribution in [0.2, 0.25) is 0 Å². The maximum atomic E-state index is 4.47. The van der Waals surface area contributed by atoms with Crippen molar-refractivity contribution in [2.24, 2.45) is 16.7 Å². The fraction of sp³-hybridized carbons (Fsp3) is 0.548. The van der Waals surface area contributed by atoms with Crippen molar-refractivity contribution < 1.29 is 0 Å². The predicted molar refractivity (Wildman–Crippen MR) is 141 cm³/mol. The monoisotopic (exact) mass is 418 g/mol. The predicted octanol–water partition coefficient (Wildman–Crippen LogP) is 10.0. The molecule has 2 unspecified atom stereocenters. The zero-order chi connectivity index (χ0) is 23.2. The van der Waals surface area contributed by atoms with Gasteiger partial charge in [-0.2, -0.15) is 0 Å². The summed E-state index contributed by atoms with van der Waals surface area (Å²) < 4.78 is 0. The van der Waals surface area contributed by atoms with Gasteiger partial charge in [0.2, 0.25) is 0 Å². The summed E-state index contributed by atoms with van der Waals surface area (Å²) in [5.74, 6) is 0.636. The highest BCUT2D eigenvalue weighted by atomic mass is 14.5. The van der Waals surface area contributed by atoms with Gasteiger partial charge in [-0.1, -0.05) is 121 Å². The number of hydrogen-bond acceptors (Lipinski definition) is 0. The van der Waals surface area contributed by atoms with E-state index in [4.69, 9.17) is 0 Å². The van der Waals surface area contributed by atoms with Gasteiger partial charge in [0.15, 0.2) is 0 Å². The van der Waals surface area contributed by atoms with Gasteiger partial charge in [0.25, 0.3) is 0 Å². The van der Waals surface area contributed by atoms with E-state index >= 15 is 0 Å². The Morgan fingerprint density at radius 1 is 1.10 bits per heavy atom. The molecule has 0 radical (unpaired) electrons. The Bertz CT molecular complexity index is 827. The van der Waals surface area contributed by atoms with Crippen LogP contribution in [0.15, 0.2) is 60.7 Å². The number of benzene rings is 1. The van der Waals surface area contributed by atoms with Crippen molar-refractivity contribution in [1.82, 2.24) is 0 Å². The molecule has 1 aromatic carbocycles. The molecule has 0 aromatic heterocycles. The summed E-state index contributed by atoms with van der Waals surface area (Å²) in [4.78, 5) is 0. The van der Waals surface area contributed by atoms with Crippen molar-refractivity contribution in [2.45, 2.75) is 93.4 Å². The molecule has 0 heterocycles. The van der Waals surface area contributed by atoms with E-state index in [2.05, 4.69) is 98.0 Å². The maximum Gasteiger partial charge on any atom is 0.0113 e. The summed E-state index contributed by atoms with van der Waals surface area (Å²) in [6.45, 7) is 24.9. The lowest BCUT2D eigenvalue weighted by atomic mass is 9.57. The van der Waals surface area contributed by atoms with Crippen LogP contribution in [0.4, 0.5) is 0 Å². The summed E-state index contributed by atoms with van der Waals surface area (Å²) in [6.07, 6.45) is 13.4. The average Bonchev–Trinajstić information content (AvgIpc) is 2.73. The van der Waals surface area contributed by atoms with E-state index in [1.54, 1.807) is 5.57 Å². The van der Waals surface area contributed by atoms with E-state index in [0.29, 0.717) is 5.92 Å². The lowest BCUT2D eigenvalue weighted by Gasteiger charge is -2.47. The Morgan fingerprint density at radius 2 is 1.74 bits per heavy atom. The van der Waals surface area contributed by atoms with Crippen molar-refractivity contribution in [3.8, 4) is 0 Å². The quantitative estimate of drug-likeness (QED) is 0.331. The normalized spacial score (nSPS) is 22.8. The van der Waals surface area contributed by atoms with Crippen LogP contribution >= 0.6 is 0 Å². The first kappa shape index (κ1) is 25.4. The highest BCUT2D eigenvalue weighted by Crippen LogP contribution is 2.56. The van der Waals surface area contributed by atoms with E-state index in [-0.39, 0.29) is 10.8 Å². The van der Waals surface area contributed by atoms with E-state index in [9.17, 15) is 0 Å². The molecule has 0 saturated heterocycles. The van der Waals surface area contributed by atoms with Gasteiger partial charge >= 0.3 is 0 Å². The molecular formula is C31H46. The lowest BCUT2D eigenvalue weighted by Crippen LogP contribution is -2.34. The number of allylic oxidation sites excluding steroid dienone is 6. The van der Waals surface area contributed by atoms with Gasteiger partial charge in [-0.3, -0.25) is 0 Å². The fourth-order valence-electron chi connectivity index (χ4n) is 5.34. The van der Waals surface area contributed by atoms with Crippen LogP contribution in [0.3, 0.4) is 0 Å². The largest absolute Gasteiger partial charge is 0.0996 e. The molecule has 0 saturated carbocycles. The maximum absolute atomic E-state index is 4.47. The second kappa shape index (κ2) is 10.7. The highest BCUT2D eigenvalue weighted by molar-refractivity contribution is 5.76. The standard InChI is InChI=1S/C31H46/c1-10-12-14-24(5)25(6)19-21-31(9)22-20-28(30(7,8)29(31)13-11-2)27-17-15-26(16-18-27)23(3)4/h13,15-18,20,24H,3,6,10-12,14,19,21-22H2,1-2,4-5,7-9H3/b29-13-. The molecule has 0 amide bonds. The number of hydrogen-bond donors (Lipinski definition) is 0. The van der Waals surface area contributed by atoms with Crippen LogP contribution in [0.25, 0.3) is 11.1 Å². The average molecular weight is 419 g/mol. The Balaban J connectivity index is 2.30. The molecule has 1 aliphatic rings. The van der Waals surface area contributed by atoms with Crippen LogP contribution < -0.4 is 0 Å². The van der Waals surface area contributed by atoms with Crippen molar-refractivity contribution >= 4 is 11.1 Å². The van der Waals surface area contributed by atoms with Crippen LogP contribution in [0, 0.1) is 16.7 Å². The van der Waals surface area contributed by atoms with Gasteiger partial charge in [0.05, 0.1) is 0 Å². The Hall–Kier alpha value is -1.82. The minimum Gasteiger partial charge on any atom is -0.0996 e. The molecule has 0 heteroatoms. The van der Waals surface area contributed by atoms with Gasteiger partial charge in [-0.25, -0.2) is 0 Å². The van der Waals surface area contributed by atoms with Crippen LogP contribution in [0.1, 0.15) is 105 Å². The zero-order valence-electron chi connectivity index (χ0n) is 21.4. The first-order chi connectivity index (χ1) is 14.6. The van der Waals surface area contributed by atoms with Crippen molar-refractivity contribution in [3.63, 3.8) is 0 Å². The third kappa shape index (κ3) is 5.91. The third-order valence-corrected chi connectivity index (χ3v) is 7.54. The fourth-order valence-corrected chi connectivity index (χ4v) is 5.34. The van der Waals surface area contributed by atoms with Crippen LogP contribution in [-0.4, -0.2) is 0 Å². The molecular weight excluding hydrogens is 372 g/mol. The molecule has 2 rings (SSSR count). The summed E-state index contributed by atoms with van der Waals surface area (Å²) in [5.41, 5.74) is 8.44. The summed E-state index contributed by atoms with van der Waals surface area (Å²) in [7, 11) is 0. The van der Waals surface area contributed by atoms with Gasteiger partial charge in [-0.15, -0.1) is 0 Å². The molecule has 31 heavy (non-hydrogen) atoms. The van der Waals surface area contributed by atoms with Crippen LogP contribution in [-0.2, 0) is 0 Å². The van der Waals surface area contributed by atoms with E-state index in [1.807, 2.05) is 0 Å². The van der Waals surface area contributed by atoms with E-state index < -0.39 is 0 Å². The first-order valence-electron chi connectivity index (χ1n) is 12.4. The molecule has 2 atom stereocenters. The zero-order valence-corrected chi connectivity index (χ0v) is 21.4. The minimum atomic E-state index is 0.0307. The Morgan fingerprint density at radius 3 is 2.29 bits per heavy atom. The van der Waals surface area contributed by atoms with Gasteiger partial charge in [0.1, 0.15) is 0 Å². The van der Waals surface area contributed by atoms with Crippen molar-refractivity contribution in [2.75, 3.05) is 0 Å². The molecule has 0 N–H and O–H groups in total. The molecule has 0 fully saturated rings. The molecule has 1 aliphatic carbocycles. The SMILES string of the molecule is C=C(C)c1ccc(C2=CCC(C)(CCC(=C)C(C)CCCC)/C(=C\CC)C2(C)C)cc1. The van der Waals surface area contributed by atoms with Crippen LogP contribution in [0.5, 0.6) is 0 Å². The number of unbranched alkanes of at least 4 members (excludes halogenated alkanes) is 1. The molecule has 0 bridgehead atoms. The second-order valence-corrected chi connectivity index (χ2v) is 10.6. The summed E-state index contributed by atoms with van der Waals surface area (Å²) >= 11 is 0. The van der Waals surface area contributed by atoms with E-state index in [0.717, 1.165) is 24.8 Å². The van der Waals surface area contributed by atoms with E-state index in [1.165, 1.54) is 48.0 Å². The van der Waals surface area contributed by atoms with Gasteiger partial charge in [-0.05, 0) is 67.1 Å². The van der Waals surface area contributed by atoms with Crippen molar-refractivity contribution in [3.05, 3.63) is 71.8 Å². The lowest BCUT2D eigenvalue weighted by molar-refractivity contribution is 0.295. The first-order valence-corrected chi connectivity index (χ1v) is 12.4. The van der Waals surface area contributed by atoms with Gasteiger partial charge in [0, 0.05) is 5.41 Å². The molecule has 170 valence electrons. The smallest absolute Gasteiger partial charge is 0.0113 e.